The summed E-state index contributed by atoms with van der Waals surface area (Å²) in [5.41, 5.74) is 0. The largest absolute Gasteiger partial charge is 0.469 e. The molecule has 0 spiro atoms. The minimum atomic E-state index is -0.0898. The standard InChI is InChI=1S/C9H17NO2/c1-12-9(11)6-2-4-8-5-3-7-10-8/h8,10H,2-7H2,1H3. The molecule has 0 aromatic heterocycles. The fourth-order valence-electron chi connectivity index (χ4n) is 1.60. The number of hydrogen-bond donors (Lipinski definition) is 1. The van der Waals surface area contributed by atoms with Gasteiger partial charge in [0.1, 0.15) is 0 Å². The maximum atomic E-state index is 10.7. The molecule has 0 aliphatic carbocycles. The van der Waals surface area contributed by atoms with Gasteiger partial charge in [-0.05, 0) is 32.2 Å². The number of esters is 1. The number of ether oxygens (including phenoxy) is 1. The molecule has 1 saturated heterocycles. The van der Waals surface area contributed by atoms with Crippen molar-refractivity contribution < 1.29 is 9.53 Å². The third kappa shape index (κ3) is 3.22. The monoisotopic (exact) mass is 171 g/mol. The van der Waals surface area contributed by atoms with Crippen molar-refractivity contribution in [1.29, 1.82) is 0 Å². The number of rotatable bonds is 4. The van der Waals surface area contributed by atoms with Crippen LogP contribution >= 0.6 is 0 Å². The van der Waals surface area contributed by atoms with Gasteiger partial charge in [-0.1, -0.05) is 0 Å². The van der Waals surface area contributed by atoms with Gasteiger partial charge in [0.2, 0.25) is 0 Å². The number of carbonyl (C=O) groups is 1. The molecule has 0 bridgehead atoms. The molecule has 3 heteroatoms. The summed E-state index contributed by atoms with van der Waals surface area (Å²) in [4.78, 5) is 10.7. The second-order valence-electron chi connectivity index (χ2n) is 3.26. The second kappa shape index (κ2) is 5.14. The topological polar surface area (TPSA) is 38.3 Å². The summed E-state index contributed by atoms with van der Waals surface area (Å²) in [6.45, 7) is 1.14. The van der Waals surface area contributed by atoms with Gasteiger partial charge in [0.05, 0.1) is 7.11 Å². The lowest BCUT2D eigenvalue weighted by atomic mass is 10.1. The third-order valence-corrected chi connectivity index (χ3v) is 2.32. The summed E-state index contributed by atoms with van der Waals surface area (Å²) in [6.07, 6.45) is 5.16. The first-order chi connectivity index (χ1) is 5.83. The summed E-state index contributed by atoms with van der Waals surface area (Å²) in [6, 6.07) is 0.648. The molecule has 0 amide bonds. The van der Waals surface area contributed by atoms with Crippen LogP contribution in [0.2, 0.25) is 0 Å². The Morgan fingerprint density at radius 3 is 3.08 bits per heavy atom. The Hall–Kier alpha value is -0.570. The predicted octanol–water partition coefficient (Wildman–Crippen LogP) is 1.08. The van der Waals surface area contributed by atoms with Crippen LogP contribution in [0.3, 0.4) is 0 Å². The first-order valence-corrected chi connectivity index (χ1v) is 4.63. The van der Waals surface area contributed by atoms with Crippen molar-refractivity contribution in [3.05, 3.63) is 0 Å². The zero-order valence-corrected chi connectivity index (χ0v) is 7.64. The Kier molecular flexibility index (Phi) is 4.08. The Morgan fingerprint density at radius 1 is 1.67 bits per heavy atom. The molecule has 12 heavy (non-hydrogen) atoms. The van der Waals surface area contributed by atoms with E-state index in [0.29, 0.717) is 12.5 Å². The van der Waals surface area contributed by atoms with E-state index in [2.05, 4.69) is 10.1 Å². The molecule has 1 heterocycles. The van der Waals surface area contributed by atoms with E-state index in [1.165, 1.54) is 20.0 Å². The van der Waals surface area contributed by atoms with Crippen molar-refractivity contribution in [1.82, 2.24) is 5.32 Å². The number of carbonyl (C=O) groups excluding carboxylic acids is 1. The highest BCUT2D eigenvalue weighted by atomic mass is 16.5. The van der Waals surface area contributed by atoms with E-state index >= 15 is 0 Å². The maximum Gasteiger partial charge on any atom is 0.305 e. The zero-order valence-electron chi connectivity index (χ0n) is 7.64. The molecule has 0 aromatic carbocycles. The van der Waals surface area contributed by atoms with Crippen LogP contribution in [0.1, 0.15) is 32.1 Å². The Balaban J connectivity index is 1.97. The van der Waals surface area contributed by atoms with Gasteiger partial charge in [-0.15, -0.1) is 0 Å². The minimum absolute atomic E-state index is 0.0898. The van der Waals surface area contributed by atoms with Gasteiger partial charge in [-0.25, -0.2) is 0 Å². The lowest BCUT2D eigenvalue weighted by Crippen LogP contribution is -2.21. The van der Waals surface area contributed by atoms with Gasteiger partial charge in [-0.2, -0.15) is 0 Å². The zero-order chi connectivity index (χ0) is 8.81. The van der Waals surface area contributed by atoms with Gasteiger partial charge >= 0.3 is 5.97 Å². The van der Waals surface area contributed by atoms with Gasteiger partial charge in [-0.3, -0.25) is 4.79 Å². The molecule has 1 atom stereocenters. The van der Waals surface area contributed by atoms with Gasteiger partial charge in [0.15, 0.2) is 0 Å². The van der Waals surface area contributed by atoms with E-state index in [1.807, 2.05) is 0 Å². The minimum Gasteiger partial charge on any atom is -0.469 e. The van der Waals surface area contributed by atoms with Crippen LogP contribution in [0.5, 0.6) is 0 Å². The van der Waals surface area contributed by atoms with E-state index in [9.17, 15) is 4.79 Å². The second-order valence-corrected chi connectivity index (χ2v) is 3.26. The van der Waals surface area contributed by atoms with E-state index in [1.54, 1.807) is 0 Å². The van der Waals surface area contributed by atoms with Gasteiger partial charge < -0.3 is 10.1 Å². The van der Waals surface area contributed by atoms with E-state index in [0.717, 1.165) is 19.4 Å². The van der Waals surface area contributed by atoms with Crippen molar-refractivity contribution in [2.45, 2.75) is 38.1 Å². The summed E-state index contributed by atoms with van der Waals surface area (Å²) < 4.78 is 4.56. The van der Waals surface area contributed by atoms with Crippen molar-refractivity contribution in [2.75, 3.05) is 13.7 Å². The molecule has 1 aliphatic rings. The van der Waals surface area contributed by atoms with Crippen LogP contribution in [0, 0.1) is 0 Å². The van der Waals surface area contributed by atoms with Crippen molar-refractivity contribution >= 4 is 5.97 Å². The molecule has 1 N–H and O–H groups in total. The van der Waals surface area contributed by atoms with Crippen molar-refractivity contribution in [2.24, 2.45) is 0 Å². The normalized spacial score (nSPS) is 22.6. The van der Waals surface area contributed by atoms with Gasteiger partial charge in [0.25, 0.3) is 0 Å². The molecule has 1 aliphatic heterocycles. The molecular weight excluding hydrogens is 154 g/mol. The van der Waals surface area contributed by atoms with E-state index in [-0.39, 0.29) is 5.97 Å². The Morgan fingerprint density at radius 2 is 2.50 bits per heavy atom. The van der Waals surface area contributed by atoms with Crippen LogP contribution in [0.15, 0.2) is 0 Å². The fraction of sp³-hybridized carbons (Fsp3) is 0.889. The average molecular weight is 171 g/mol. The lowest BCUT2D eigenvalue weighted by molar-refractivity contribution is -0.140. The third-order valence-electron chi connectivity index (χ3n) is 2.32. The van der Waals surface area contributed by atoms with Crippen LogP contribution in [-0.4, -0.2) is 25.7 Å². The molecule has 1 unspecified atom stereocenters. The molecular formula is C9H17NO2. The summed E-state index contributed by atoms with van der Waals surface area (Å²) in [5.74, 6) is -0.0898. The summed E-state index contributed by atoms with van der Waals surface area (Å²) in [5, 5.41) is 3.40. The number of methoxy groups -OCH3 is 1. The molecule has 0 saturated carbocycles. The smallest absolute Gasteiger partial charge is 0.305 e. The van der Waals surface area contributed by atoms with Crippen LogP contribution in [0.4, 0.5) is 0 Å². The highest BCUT2D eigenvalue weighted by molar-refractivity contribution is 5.68. The Labute approximate surface area is 73.5 Å². The van der Waals surface area contributed by atoms with Crippen LogP contribution in [0.25, 0.3) is 0 Å². The van der Waals surface area contributed by atoms with Crippen LogP contribution < -0.4 is 5.32 Å². The highest BCUT2D eigenvalue weighted by Gasteiger charge is 2.13. The van der Waals surface area contributed by atoms with Crippen molar-refractivity contribution in [3.63, 3.8) is 0 Å². The molecule has 0 aromatic rings. The van der Waals surface area contributed by atoms with E-state index < -0.39 is 0 Å². The predicted molar refractivity (Wildman–Crippen MR) is 46.9 cm³/mol. The quantitative estimate of drug-likeness (QED) is 0.643. The lowest BCUT2D eigenvalue weighted by Gasteiger charge is -2.08. The average Bonchev–Trinajstić information content (AvgIpc) is 2.57. The molecule has 70 valence electrons. The van der Waals surface area contributed by atoms with Crippen LogP contribution in [-0.2, 0) is 9.53 Å². The first kappa shape index (κ1) is 9.52. The maximum absolute atomic E-state index is 10.7. The number of hydrogen-bond acceptors (Lipinski definition) is 3. The fourth-order valence-corrected chi connectivity index (χ4v) is 1.60. The summed E-state index contributed by atoms with van der Waals surface area (Å²) in [7, 11) is 1.44. The Bertz CT molecular complexity index is 141. The number of nitrogens with one attached hydrogen (secondary N) is 1. The molecule has 1 rings (SSSR count). The first-order valence-electron chi connectivity index (χ1n) is 4.63. The van der Waals surface area contributed by atoms with Crippen molar-refractivity contribution in [3.8, 4) is 0 Å². The van der Waals surface area contributed by atoms with E-state index in [4.69, 9.17) is 0 Å². The SMILES string of the molecule is COC(=O)CCCC1CCCN1. The summed E-state index contributed by atoms with van der Waals surface area (Å²) >= 11 is 0. The molecule has 1 fully saturated rings. The van der Waals surface area contributed by atoms with Gasteiger partial charge in [0, 0.05) is 12.5 Å². The molecule has 0 radical (unpaired) electrons. The molecule has 3 nitrogen and oxygen atoms in total. The highest BCUT2D eigenvalue weighted by Crippen LogP contribution is 2.11.